The van der Waals surface area contributed by atoms with E-state index < -0.39 is 17.1 Å². The van der Waals surface area contributed by atoms with Crippen molar-refractivity contribution in [2.45, 2.75) is 13.5 Å². The third-order valence-electron chi connectivity index (χ3n) is 4.92. The third-order valence-corrected chi connectivity index (χ3v) is 5.83. The van der Waals surface area contributed by atoms with E-state index in [0.717, 1.165) is 27.8 Å². The molecule has 0 aliphatic carbocycles. The summed E-state index contributed by atoms with van der Waals surface area (Å²) < 4.78 is 5.94. The summed E-state index contributed by atoms with van der Waals surface area (Å²) >= 11 is 0.814. The Morgan fingerprint density at radius 3 is 2.55 bits per heavy atom. The van der Waals surface area contributed by atoms with Crippen molar-refractivity contribution in [1.82, 2.24) is 4.90 Å². The minimum atomic E-state index is -0.498. The molecule has 0 atom stereocenters. The Hall–Kier alpha value is -3.84. The van der Waals surface area contributed by atoms with Gasteiger partial charge in [0, 0.05) is 11.3 Å². The number of nitrogens with one attached hydrogen (secondary N) is 1. The van der Waals surface area contributed by atoms with E-state index >= 15 is 0 Å². The van der Waals surface area contributed by atoms with Crippen LogP contribution in [-0.2, 0) is 16.2 Å². The molecule has 33 heavy (non-hydrogen) atoms. The zero-order valence-electron chi connectivity index (χ0n) is 18.0. The van der Waals surface area contributed by atoms with Gasteiger partial charge in [-0.1, -0.05) is 60.7 Å². The van der Waals surface area contributed by atoms with Crippen molar-refractivity contribution in [3.05, 3.63) is 100 Å². The zero-order valence-corrected chi connectivity index (χ0v) is 18.8. The van der Waals surface area contributed by atoms with Crippen molar-refractivity contribution in [2.24, 2.45) is 0 Å². The molecule has 6 nitrogen and oxygen atoms in total. The quantitative estimate of drug-likeness (QED) is 0.490. The summed E-state index contributed by atoms with van der Waals surface area (Å²) in [6, 6.07) is 24.4. The lowest BCUT2D eigenvalue weighted by molar-refractivity contribution is -0.127. The van der Waals surface area contributed by atoms with E-state index in [1.807, 2.05) is 79.7 Å². The minimum absolute atomic E-state index is 0.249. The van der Waals surface area contributed by atoms with Gasteiger partial charge in [0.1, 0.15) is 18.9 Å². The first-order valence-corrected chi connectivity index (χ1v) is 11.2. The molecule has 1 fully saturated rings. The van der Waals surface area contributed by atoms with E-state index in [-0.39, 0.29) is 11.4 Å². The van der Waals surface area contributed by atoms with Gasteiger partial charge in [-0.2, -0.15) is 0 Å². The summed E-state index contributed by atoms with van der Waals surface area (Å²) in [6.45, 7) is 1.95. The van der Waals surface area contributed by atoms with Gasteiger partial charge in [0.15, 0.2) is 0 Å². The summed E-state index contributed by atoms with van der Waals surface area (Å²) in [6.07, 6.45) is 1.63. The number of carbonyl (C=O) groups is 3. The lowest BCUT2D eigenvalue weighted by Crippen LogP contribution is -2.36. The second-order valence-corrected chi connectivity index (χ2v) is 8.49. The standard InChI is InChI=1S/C26H22N2O4S/c1-18-8-7-12-21(14-18)27-24(29)16-28-25(30)23(33-26(28)31)15-20-11-5-6-13-22(20)32-17-19-9-3-2-4-10-19/h2-15H,16-17H2,1H3,(H,27,29)/b23-15+. The third kappa shape index (κ3) is 5.70. The number of hydrogen-bond donors (Lipinski definition) is 1. The van der Waals surface area contributed by atoms with E-state index in [2.05, 4.69) is 5.32 Å². The fourth-order valence-electron chi connectivity index (χ4n) is 3.31. The maximum Gasteiger partial charge on any atom is 0.294 e. The number of benzene rings is 3. The van der Waals surface area contributed by atoms with Crippen LogP contribution in [0.15, 0.2) is 83.8 Å². The highest BCUT2D eigenvalue weighted by Gasteiger charge is 2.36. The maximum atomic E-state index is 12.8. The lowest BCUT2D eigenvalue weighted by atomic mass is 10.1. The first-order chi connectivity index (χ1) is 16.0. The monoisotopic (exact) mass is 458 g/mol. The van der Waals surface area contributed by atoms with E-state index in [1.165, 1.54) is 0 Å². The predicted molar refractivity (Wildman–Crippen MR) is 130 cm³/mol. The number of aryl methyl sites for hydroxylation is 1. The molecule has 1 saturated heterocycles. The topological polar surface area (TPSA) is 75.7 Å². The second kappa shape index (κ2) is 10.2. The number of rotatable bonds is 7. The van der Waals surface area contributed by atoms with Crippen molar-refractivity contribution in [1.29, 1.82) is 0 Å². The zero-order chi connectivity index (χ0) is 23.2. The molecule has 7 heteroatoms. The van der Waals surface area contributed by atoms with Crippen LogP contribution in [0.2, 0.25) is 0 Å². The van der Waals surface area contributed by atoms with Crippen molar-refractivity contribution < 1.29 is 19.1 Å². The van der Waals surface area contributed by atoms with Gasteiger partial charge >= 0.3 is 0 Å². The molecular formula is C26H22N2O4S. The van der Waals surface area contributed by atoms with E-state index in [4.69, 9.17) is 4.74 Å². The summed E-state index contributed by atoms with van der Waals surface area (Å²) in [5.74, 6) is -0.330. The summed E-state index contributed by atoms with van der Waals surface area (Å²) in [5, 5.41) is 2.24. The highest BCUT2D eigenvalue weighted by molar-refractivity contribution is 8.18. The Bertz CT molecular complexity index is 1220. The van der Waals surface area contributed by atoms with E-state index in [1.54, 1.807) is 12.1 Å². The number of amides is 3. The van der Waals surface area contributed by atoms with Crippen molar-refractivity contribution in [2.75, 3.05) is 11.9 Å². The van der Waals surface area contributed by atoms with Gasteiger partial charge in [-0.15, -0.1) is 0 Å². The SMILES string of the molecule is Cc1cccc(NC(=O)CN2C(=O)S/C(=C/c3ccccc3OCc3ccccc3)C2=O)c1. The van der Waals surface area contributed by atoms with Crippen LogP contribution in [0.1, 0.15) is 16.7 Å². The predicted octanol–water partition coefficient (Wildman–Crippen LogP) is 5.25. The highest BCUT2D eigenvalue weighted by Crippen LogP contribution is 2.34. The largest absolute Gasteiger partial charge is 0.488 e. The molecule has 3 aromatic rings. The molecule has 4 rings (SSSR count). The fourth-order valence-corrected chi connectivity index (χ4v) is 4.14. The number of anilines is 1. The van der Waals surface area contributed by atoms with Crippen molar-refractivity contribution >= 4 is 40.6 Å². The van der Waals surface area contributed by atoms with Gasteiger partial charge in [0.05, 0.1) is 4.91 Å². The molecule has 1 aliphatic heterocycles. The number of ether oxygens (including phenoxy) is 1. The molecule has 1 N–H and O–H groups in total. The average molecular weight is 459 g/mol. The van der Waals surface area contributed by atoms with Gasteiger partial charge < -0.3 is 10.1 Å². The molecule has 0 radical (unpaired) electrons. The molecule has 0 bridgehead atoms. The van der Waals surface area contributed by atoms with Crippen molar-refractivity contribution in [3.63, 3.8) is 0 Å². The Morgan fingerprint density at radius 1 is 1.00 bits per heavy atom. The maximum absolute atomic E-state index is 12.8. The molecule has 3 aromatic carbocycles. The van der Waals surface area contributed by atoms with E-state index in [0.29, 0.717) is 23.6 Å². The smallest absolute Gasteiger partial charge is 0.294 e. The number of para-hydroxylation sites is 1. The molecule has 166 valence electrons. The summed E-state index contributed by atoms with van der Waals surface area (Å²) in [5.41, 5.74) is 3.32. The van der Waals surface area contributed by atoms with Gasteiger partial charge in [-0.25, -0.2) is 0 Å². The summed E-state index contributed by atoms with van der Waals surface area (Å²) in [7, 11) is 0. The molecule has 0 unspecified atom stereocenters. The van der Waals surface area contributed by atoms with Crippen LogP contribution in [0.3, 0.4) is 0 Å². The molecule has 3 amide bonds. The Morgan fingerprint density at radius 2 is 1.76 bits per heavy atom. The highest BCUT2D eigenvalue weighted by atomic mass is 32.2. The van der Waals surface area contributed by atoms with Crippen LogP contribution in [0, 0.1) is 6.92 Å². The molecular weight excluding hydrogens is 436 g/mol. The molecule has 0 aromatic heterocycles. The van der Waals surface area contributed by atoms with Crippen LogP contribution < -0.4 is 10.1 Å². The van der Waals surface area contributed by atoms with Gasteiger partial charge in [0.25, 0.3) is 11.1 Å². The minimum Gasteiger partial charge on any atom is -0.488 e. The Balaban J connectivity index is 1.45. The first kappa shape index (κ1) is 22.4. The number of thioether (sulfide) groups is 1. The second-order valence-electron chi connectivity index (χ2n) is 7.50. The lowest BCUT2D eigenvalue weighted by Gasteiger charge is -2.13. The molecule has 0 saturated carbocycles. The Kier molecular flexibility index (Phi) is 6.90. The number of imide groups is 1. The van der Waals surface area contributed by atoms with Gasteiger partial charge in [-0.3, -0.25) is 19.3 Å². The van der Waals surface area contributed by atoms with Gasteiger partial charge in [0.2, 0.25) is 5.91 Å². The van der Waals surface area contributed by atoms with Gasteiger partial charge in [-0.05, 0) is 54.1 Å². The normalized spacial score (nSPS) is 14.6. The first-order valence-electron chi connectivity index (χ1n) is 10.4. The number of carbonyl (C=O) groups excluding carboxylic acids is 3. The van der Waals surface area contributed by atoms with Crippen molar-refractivity contribution in [3.8, 4) is 5.75 Å². The number of nitrogens with zero attached hydrogens (tertiary/aromatic N) is 1. The van der Waals surface area contributed by atoms with Crippen LogP contribution >= 0.6 is 11.8 Å². The summed E-state index contributed by atoms with van der Waals surface area (Å²) in [4.78, 5) is 38.9. The van der Waals surface area contributed by atoms with Crippen LogP contribution in [0.25, 0.3) is 6.08 Å². The van der Waals surface area contributed by atoms with Crippen LogP contribution in [0.5, 0.6) is 5.75 Å². The molecule has 1 aliphatic rings. The molecule has 1 heterocycles. The van der Waals surface area contributed by atoms with E-state index in [9.17, 15) is 14.4 Å². The van der Waals surface area contributed by atoms with Crippen LogP contribution in [0.4, 0.5) is 10.5 Å². The van der Waals surface area contributed by atoms with Crippen LogP contribution in [-0.4, -0.2) is 28.5 Å². The molecule has 0 spiro atoms. The fraction of sp³-hybridized carbons (Fsp3) is 0.115. The average Bonchev–Trinajstić information content (AvgIpc) is 3.06. The Labute approximate surface area is 196 Å². The number of hydrogen-bond acceptors (Lipinski definition) is 5.